The van der Waals surface area contributed by atoms with Crippen molar-refractivity contribution in [1.82, 2.24) is 0 Å². The van der Waals surface area contributed by atoms with E-state index in [4.69, 9.17) is 4.74 Å². The molecule has 2 aromatic rings. The van der Waals surface area contributed by atoms with E-state index in [2.05, 4.69) is 20.7 Å². The van der Waals surface area contributed by atoms with Crippen molar-refractivity contribution in [3.8, 4) is 11.5 Å². The van der Waals surface area contributed by atoms with Crippen molar-refractivity contribution in [2.75, 3.05) is 19.5 Å². The molecule has 0 radical (unpaired) electrons. The minimum absolute atomic E-state index is 0.0191. The summed E-state index contributed by atoms with van der Waals surface area (Å²) in [6, 6.07) is 9.18. The van der Waals surface area contributed by atoms with Gasteiger partial charge in [0.2, 0.25) is 0 Å². The molecule has 1 N–H and O–H groups in total. The van der Waals surface area contributed by atoms with Crippen LogP contribution in [0.4, 0.5) is 0 Å². The number of methoxy groups -OCH3 is 1. The highest BCUT2D eigenvalue weighted by atomic mass is 79.9. The summed E-state index contributed by atoms with van der Waals surface area (Å²) in [5.74, 6) is -0.207. The number of ketones is 2. The van der Waals surface area contributed by atoms with E-state index >= 15 is 0 Å². The number of carbonyl (C=O) groups is 3. The third-order valence-corrected chi connectivity index (χ3v) is 7.18. The van der Waals surface area contributed by atoms with E-state index < -0.39 is 11.9 Å². The lowest BCUT2D eigenvalue weighted by molar-refractivity contribution is -0.148. The predicted molar refractivity (Wildman–Crippen MR) is 137 cm³/mol. The van der Waals surface area contributed by atoms with Gasteiger partial charge in [-0.3, -0.25) is 14.4 Å². The molecule has 0 aliphatic carbocycles. The molecule has 1 unspecified atom stereocenters. The summed E-state index contributed by atoms with van der Waals surface area (Å²) in [6.45, 7) is 5.49. The van der Waals surface area contributed by atoms with Crippen molar-refractivity contribution in [1.29, 1.82) is 0 Å². The lowest BCUT2D eigenvalue weighted by Gasteiger charge is -2.14. The van der Waals surface area contributed by atoms with E-state index in [0.717, 1.165) is 33.5 Å². The number of benzene rings is 2. The van der Waals surface area contributed by atoms with Crippen molar-refractivity contribution in [3.05, 3.63) is 51.5 Å². The first-order valence-electron chi connectivity index (χ1n) is 11.2. The Bertz CT molecular complexity index is 1040. The second kappa shape index (κ2) is 13.5. The van der Waals surface area contributed by atoms with Crippen LogP contribution in [0.25, 0.3) is 0 Å². The van der Waals surface area contributed by atoms with Crippen LogP contribution in [-0.4, -0.2) is 42.1 Å². The number of Topliss-reactive ketones (excluding diaryl/α,β-unsaturated/α-hetero) is 2. The summed E-state index contributed by atoms with van der Waals surface area (Å²) in [5.41, 5.74) is 1.82. The van der Waals surface area contributed by atoms with Gasteiger partial charge in [0.05, 0.1) is 19.3 Å². The number of esters is 1. The van der Waals surface area contributed by atoms with E-state index in [9.17, 15) is 19.5 Å². The van der Waals surface area contributed by atoms with E-state index in [-0.39, 0.29) is 23.7 Å². The van der Waals surface area contributed by atoms with E-state index in [1.54, 1.807) is 30.8 Å². The summed E-state index contributed by atoms with van der Waals surface area (Å²) in [4.78, 5) is 36.6. The van der Waals surface area contributed by atoms with E-state index in [0.29, 0.717) is 29.9 Å². The molecule has 0 spiro atoms. The van der Waals surface area contributed by atoms with Crippen LogP contribution in [0.1, 0.15) is 55.1 Å². The molecule has 0 fully saturated rings. The van der Waals surface area contributed by atoms with Gasteiger partial charge in [0.15, 0.2) is 11.6 Å². The summed E-state index contributed by atoms with van der Waals surface area (Å²) in [6.07, 6.45) is 2.42. The van der Waals surface area contributed by atoms with Gasteiger partial charge in [0, 0.05) is 27.1 Å². The van der Waals surface area contributed by atoms with Gasteiger partial charge in [0.1, 0.15) is 17.4 Å². The SMILES string of the molecule is CCCc1c(OCCCSc2ccc(CC(=O)C(C)C(=O)OC)c(Br)c2)ccc(C(C)=O)c1O. The monoisotopic (exact) mass is 550 g/mol. The lowest BCUT2D eigenvalue weighted by Crippen LogP contribution is -2.23. The number of halogens is 1. The van der Waals surface area contributed by atoms with Gasteiger partial charge >= 0.3 is 5.97 Å². The summed E-state index contributed by atoms with van der Waals surface area (Å²) < 4.78 is 11.4. The van der Waals surface area contributed by atoms with Crippen LogP contribution in [0, 0.1) is 5.92 Å². The average molecular weight is 551 g/mol. The Balaban J connectivity index is 1.88. The molecule has 6 nitrogen and oxygen atoms in total. The first-order valence-corrected chi connectivity index (χ1v) is 13.0. The zero-order valence-electron chi connectivity index (χ0n) is 20.0. The molecule has 8 heteroatoms. The van der Waals surface area contributed by atoms with Gasteiger partial charge in [-0.1, -0.05) is 35.3 Å². The summed E-state index contributed by atoms with van der Waals surface area (Å²) >= 11 is 5.20. The van der Waals surface area contributed by atoms with Crippen molar-refractivity contribution < 1.29 is 29.0 Å². The Hall–Kier alpha value is -2.32. The third-order valence-electron chi connectivity index (χ3n) is 5.36. The second-order valence-electron chi connectivity index (χ2n) is 7.94. The Morgan fingerprint density at radius 1 is 1.18 bits per heavy atom. The molecule has 0 aliphatic rings. The second-order valence-corrected chi connectivity index (χ2v) is 9.96. The Kier molecular flexibility index (Phi) is 11.1. The zero-order chi connectivity index (χ0) is 25.3. The Labute approximate surface area is 213 Å². The van der Waals surface area contributed by atoms with Crippen LogP contribution in [0.15, 0.2) is 39.7 Å². The smallest absolute Gasteiger partial charge is 0.315 e. The molecule has 0 bridgehead atoms. The average Bonchev–Trinajstić information content (AvgIpc) is 2.81. The number of thioether (sulfide) groups is 1. The molecule has 1 atom stereocenters. The van der Waals surface area contributed by atoms with Gasteiger partial charge in [-0.25, -0.2) is 0 Å². The fourth-order valence-electron chi connectivity index (χ4n) is 3.37. The van der Waals surface area contributed by atoms with Crippen LogP contribution in [-0.2, 0) is 27.2 Å². The molecule has 184 valence electrons. The quantitative estimate of drug-likeness (QED) is 0.111. The molecule has 0 aromatic heterocycles. The number of ether oxygens (including phenoxy) is 2. The Morgan fingerprint density at radius 3 is 2.53 bits per heavy atom. The number of hydrogen-bond acceptors (Lipinski definition) is 7. The highest BCUT2D eigenvalue weighted by Crippen LogP contribution is 2.33. The maximum absolute atomic E-state index is 12.3. The molecule has 2 rings (SSSR count). The first-order chi connectivity index (χ1) is 16.2. The zero-order valence-corrected chi connectivity index (χ0v) is 22.4. The summed E-state index contributed by atoms with van der Waals surface area (Å²) in [7, 11) is 1.28. The highest BCUT2D eigenvalue weighted by Gasteiger charge is 2.22. The lowest BCUT2D eigenvalue weighted by atomic mass is 10.00. The van der Waals surface area contributed by atoms with Crippen LogP contribution in [0.3, 0.4) is 0 Å². The van der Waals surface area contributed by atoms with E-state index in [1.165, 1.54) is 14.0 Å². The van der Waals surface area contributed by atoms with Gasteiger partial charge < -0.3 is 14.6 Å². The number of carbonyl (C=O) groups excluding carboxylic acids is 3. The number of phenolic OH excluding ortho intramolecular Hbond substituents is 1. The van der Waals surface area contributed by atoms with Crippen LogP contribution in [0.2, 0.25) is 0 Å². The molecular formula is C26H31BrO6S. The largest absolute Gasteiger partial charge is 0.507 e. The topological polar surface area (TPSA) is 89.9 Å². The number of aromatic hydroxyl groups is 1. The highest BCUT2D eigenvalue weighted by molar-refractivity contribution is 9.10. The standard InChI is InChI=1S/C26H31BrO6S/c1-5-7-21-24(11-10-20(17(3)28)25(21)30)33-12-6-13-34-19-9-8-18(22(27)15-19)14-23(29)16(2)26(31)32-4/h8-11,15-16,30H,5-7,12-14H2,1-4H3. The fourth-order valence-corrected chi connectivity index (χ4v) is 4.90. The first kappa shape index (κ1) is 27.9. The molecule has 2 aromatic carbocycles. The Morgan fingerprint density at radius 2 is 1.91 bits per heavy atom. The minimum atomic E-state index is -0.788. The van der Waals surface area contributed by atoms with Gasteiger partial charge in [0.25, 0.3) is 0 Å². The third kappa shape index (κ3) is 7.60. The van der Waals surface area contributed by atoms with Crippen LogP contribution < -0.4 is 4.74 Å². The molecule has 0 saturated heterocycles. The van der Waals surface area contributed by atoms with Gasteiger partial charge in [-0.05, 0) is 56.5 Å². The molecular weight excluding hydrogens is 520 g/mol. The molecule has 34 heavy (non-hydrogen) atoms. The number of rotatable bonds is 13. The number of phenols is 1. The molecule has 0 amide bonds. The van der Waals surface area contributed by atoms with Gasteiger partial charge in [-0.2, -0.15) is 0 Å². The summed E-state index contributed by atoms with van der Waals surface area (Å²) in [5, 5.41) is 10.4. The maximum Gasteiger partial charge on any atom is 0.315 e. The minimum Gasteiger partial charge on any atom is -0.507 e. The predicted octanol–water partition coefficient (Wildman–Crippen LogP) is 5.79. The van der Waals surface area contributed by atoms with Gasteiger partial charge in [-0.15, -0.1) is 11.8 Å². The maximum atomic E-state index is 12.3. The van der Waals surface area contributed by atoms with Crippen molar-refractivity contribution in [3.63, 3.8) is 0 Å². The molecule has 0 heterocycles. The van der Waals surface area contributed by atoms with Crippen molar-refractivity contribution in [2.24, 2.45) is 5.92 Å². The normalized spacial score (nSPS) is 11.7. The number of hydrogen-bond donors (Lipinski definition) is 1. The van der Waals surface area contributed by atoms with Crippen molar-refractivity contribution in [2.45, 2.75) is 51.3 Å². The van der Waals surface area contributed by atoms with Crippen LogP contribution >= 0.6 is 27.7 Å². The molecule has 0 aliphatic heterocycles. The van der Waals surface area contributed by atoms with E-state index in [1.807, 2.05) is 25.1 Å². The fraction of sp³-hybridized carbons (Fsp3) is 0.423. The van der Waals surface area contributed by atoms with Crippen LogP contribution in [0.5, 0.6) is 11.5 Å². The van der Waals surface area contributed by atoms with Crippen molar-refractivity contribution >= 4 is 45.2 Å². The molecule has 0 saturated carbocycles.